The number of esters is 1. The number of aromatic nitrogens is 1. The van der Waals surface area contributed by atoms with Gasteiger partial charge in [0.15, 0.2) is 5.60 Å². The van der Waals surface area contributed by atoms with E-state index in [1.54, 1.807) is 0 Å². The third kappa shape index (κ3) is 3.54. The van der Waals surface area contributed by atoms with Gasteiger partial charge >= 0.3 is 5.97 Å². The van der Waals surface area contributed by atoms with Crippen molar-refractivity contribution in [2.45, 2.75) is 32.9 Å². The maximum atomic E-state index is 11.2. The smallest absolute Gasteiger partial charge is 0.338 e. The molecule has 1 aromatic rings. The van der Waals surface area contributed by atoms with Crippen molar-refractivity contribution in [3.05, 3.63) is 17.3 Å². The monoisotopic (exact) mass is 242 g/mol. The first-order chi connectivity index (χ1) is 7.86. The van der Waals surface area contributed by atoms with Gasteiger partial charge in [-0.3, -0.25) is 0 Å². The summed E-state index contributed by atoms with van der Waals surface area (Å²) in [6.45, 7) is 5.49. The van der Waals surface area contributed by atoms with Crippen LogP contribution in [0.4, 0.5) is 0 Å². The van der Waals surface area contributed by atoms with Crippen molar-refractivity contribution >= 4 is 5.97 Å². The lowest BCUT2D eigenvalue weighted by molar-refractivity contribution is -0.159. The van der Waals surface area contributed by atoms with E-state index in [0.717, 1.165) is 11.5 Å². The van der Waals surface area contributed by atoms with E-state index in [1.807, 2.05) is 13.8 Å². The summed E-state index contributed by atoms with van der Waals surface area (Å²) < 4.78 is 9.82. The van der Waals surface area contributed by atoms with E-state index in [2.05, 4.69) is 15.0 Å². The second kappa shape index (κ2) is 5.29. The molecular formula is C11H18N2O4. The van der Waals surface area contributed by atoms with Gasteiger partial charge in [0.25, 0.3) is 0 Å². The van der Waals surface area contributed by atoms with Crippen molar-refractivity contribution in [3.63, 3.8) is 0 Å². The summed E-state index contributed by atoms with van der Waals surface area (Å²) >= 11 is 0. The van der Waals surface area contributed by atoms with Gasteiger partial charge in [-0.25, -0.2) is 9.78 Å². The Morgan fingerprint density at radius 3 is 2.71 bits per heavy atom. The zero-order chi connectivity index (χ0) is 13.1. The first kappa shape index (κ1) is 13.7. The Morgan fingerprint density at radius 2 is 2.24 bits per heavy atom. The van der Waals surface area contributed by atoms with Crippen LogP contribution in [0.3, 0.4) is 0 Å². The van der Waals surface area contributed by atoms with Crippen molar-refractivity contribution in [2.24, 2.45) is 0 Å². The molecule has 0 fully saturated rings. The van der Waals surface area contributed by atoms with Crippen LogP contribution in [-0.4, -0.2) is 35.3 Å². The molecule has 0 bridgehead atoms. The topological polar surface area (TPSA) is 84.6 Å². The molecule has 1 atom stereocenters. The highest BCUT2D eigenvalue weighted by atomic mass is 16.5. The van der Waals surface area contributed by atoms with E-state index in [-0.39, 0.29) is 6.54 Å². The minimum Gasteiger partial charge on any atom is -0.467 e. The zero-order valence-electron chi connectivity index (χ0n) is 10.5. The van der Waals surface area contributed by atoms with Gasteiger partial charge in [0.2, 0.25) is 5.89 Å². The van der Waals surface area contributed by atoms with E-state index in [1.165, 1.54) is 14.0 Å². The lowest BCUT2D eigenvalue weighted by atomic mass is 10.1. The molecule has 0 saturated carbocycles. The van der Waals surface area contributed by atoms with Gasteiger partial charge in [-0.2, -0.15) is 0 Å². The molecular weight excluding hydrogens is 224 g/mol. The van der Waals surface area contributed by atoms with Gasteiger partial charge in [0, 0.05) is 6.54 Å². The van der Waals surface area contributed by atoms with E-state index in [0.29, 0.717) is 12.4 Å². The molecule has 0 radical (unpaired) electrons. The normalized spacial score (nSPS) is 14.4. The number of rotatable bonds is 5. The minimum atomic E-state index is -1.55. The summed E-state index contributed by atoms with van der Waals surface area (Å²) in [5.74, 6) is 0.618. The van der Waals surface area contributed by atoms with E-state index >= 15 is 0 Å². The number of nitrogens with one attached hydrogen (secondary N) is 1. The Hall–Kier alpha value is -1.40. The van der Waals surface area contributed by atoms with Crippen LogP contribution in [0, 0.1) is 13.8 Å². The number of carbonyl (C=O) groups is 1. The van der Waals surface area contributed by atoms with Crippen molar-refractivity contribution in [1.29, 1.82) is 0 Å². The number of hydrogen-bond donors (Lipinski definition) is 2. The number of aryl methyl sites for hydroxylation is 2. The molecule has 6 heteroatoms. The fourth-order valence-electron chi connectivity index (χ4n) is 1.32. The molecule has 0 saturated heterocycles. The lowest BCUT2D eigenvalue weighted by Gasteiger charge is -2.19. The van der Waals surface area contributed by atoms with Crippen molar-refractivity contribution in [1.82, 2.24) is 10.3 Å². The highest BCUT2D eigenvalue weighted by Gasteiger charge is 2.30. The molecule has 0 aliphatic heterocycles. The fraction of sp³-hybridized carbons (Fsp3) is 0.636. The lowest BCUT2D eigenvalue weighted by Crippen LogP contribution is -2.45. The molecule has 96 valence electrons. The maximum absolute atomic E-state index is 11.2. The second-order valence-electron chi connectivity index (χ2n) is 4.12. The fourth-order valence-corrected chi connectivity index (χ4v) is 1.32. The van der Waals surface area contributed by atoms with Crippen LogP contribution in [0.1, 0.15) is 24.3 Å². The number of ether oxygens (including phenoxy) is 1. The molecule has 2 N–H and O–H groups in total. The van der Waals surface area contributed by atoms with Crippen molar-refractivity contribution in [3.8, 4) is 0 Å². The highest BCUT2D eigenvalue weighted by Crippen LogP contribution is 2.09. The molecule has 0 amide bonds. The van der Waals surface area contributed by atoms with Gasteiger partial charge < -0.3 is 19.6 Å². The maximum Gasteiger partial charge on any atom is 0.338 e. The van der Waals surface area contributed by atoms with E-state index in [4.69, 9.17) is 4.42 Å². The summed E-state index contributed by atoms with van der Waals surface area (Å²) in [4.78, 5) is 15.4. The minimum absolute atomic E-state index is 0.0696. The van der Waals surface area contributed by atoms with Gasteiger partial charge in [0.05, 0.1) is 19.3 Å². The van der Waals surface area contributed by atoms with Crippen LogP contribution in [0.25, 0.3) is 0 Å². The average molecular weight is 242 g/mol. The molecule has 1 rings (SSSR count). The first-order valence-electron chi connectivity index (χ1n) is 5.31. The van der Waals surface area contributed by atoms with Crippen molar-refractivity contribution in [2.75, 3.05) is 13.7 Å². The van der Waals surface area contributed by atoms with Gasteiger partial charge in [0.1, 0.15) is 5.76 Å². The quantitative estimate of drug-likeness (QED) is 0.723. The third-order valence-corrected chi connectivity index (χ3v) is 2.44. The largest absolute Gasteiger partial charge is 0.467 e. The molecule has 6 nitrogen and oxygen atoms in total. The standard InChI is InChI=1S/C11H18N2O4/c1-7-8(2)17-9(13-7)5-12-6-11(3,15)10(14)16-4/h12,15H,5-6H2,1-4H3. The Labute approximate surface area is 100.0 Å². The Bertz CT molecular complexity index is 379. The first-order valence-corrected chi connectivity index (χ1v) is 5.31. The number of oxazole rings is 1. The van der Waals surface area contributed by atoms with Gasteiger partial charge in [-0.15, -0.1) is 0 Å². The summed E-state index contributed by atoms with van der Waals surface area (Å²) in [5.41, 5.74) is -0.715. The Morgan fingerprint density at radius 1 is 1.59 bits per heavy atom. The molecule has 17 heavy (non-hydrogen) atoms. The summed E-state index contributed by atoms with van der Waals surface area (Å²) in [6, 6.07) is 0. The predicted molar refractivity (Wildman–Crippen MR) is 60.3 cm³/mol. The predicted octanol–water partition coefficient (Wildman–Crippen LogP) is 0.305. The summed E-state index contributed by atoms with van der Waals surface area (Å²) in [5, 5.41) is 12.6. The number of methoxy groups -OCH3 is 1. The van der Waals surface area contributed by atoms with Crippen molar-refractivity contribution < 1.29 is 19.1 Å². The number of carbonyl (C=O) groups excluding carboxylic acids is 1. The highest BCUT2D eigenvalue weighted by molar-refractivity contribution is 5.78. The van der Waals surface area contributed by atoms with Crippen LogP contribution >= 0.6 is 0 Å². The SMILES string of the molecule is COC(=O)C(C)(O)CNCc1nc(C)c(C)o1. The van der Waals surface area contributed by atoms with E-state index < -0.39 is 11.6 Å². The van der Waals surface area contributed by atoms with Crippen LogP contribution in [-0.2, 0) is 16.1 Å². The van der Waals surface area contributed by atoms with Gasteiger partial charge in [-0.1, -0.05) is 0 Å². The molecule has 1 heterocycles. The molecule has 0 aliphatic carbocycles. The average Bonchev–Trinajstić information content (AvgIpc) is 2.57. The third-order valence-electron chi connectivity index (χ3n) is 2.44. The van der Waals surface area contributed by atoms with Gasteiger partial charge in [-0.05, 0) is 20.8 Å². The molecule has 1 aromatic heterocycles. The second-order valence-corrected chi connectivity index (χ2v) is 4.12. The number of nitrogens with zero attached hydrogens (tertiary/aromatic N) is 1. The molecule has 0 aromatic carbocycles. The number of aliphatic hydroxyl groups is 1. The molecule has 0 aliphatic rings. The van der Waals surface area contributed by atoms with Crippen LogP contribution in [0.5, 0.6) is 0 Å². The zero-order valence-corrected chi connectivity index (χ0v) is 10.5. The Balaban J connectivity index is 2.45. The van der Waals surface area contributed by atoms with Crippen LogP contribution in [0.15, 0.2) is 4.42 Å². The van der Waals surface area contributed by atoms with Crippen LogP contribution < -0.4 is 5.32 Å². The van der Waals surface area contributed by atoms with E-state index in [9.17, 15) is 9.90 Å². The summed E-state index contributed by atoms with van der Waals surface area (Å²) in [7, 11) is 1.23. The number of hydrogen-bond acceptors (Lipinski definition) is 6. The Kier molecular flexibility index (Phi) is 4.25. The molecule has 1 unspecified atom stereocenters. The van der Waals surface area contributed by atoms with Crippen LogP contribution in [0.2, 0.25) is 0 Å². The summed E-state index contributed by atoms with van der Waals surface area (Å²) in [6.07, 6.45) is 0. The molecule has 0 spiro atoms.